The molecule has 0 saturated carbocycles. The van der Waals surface area contributed by atoms with E-state index >= 15 is 0 Å². The van der Waals surface area contributed by atoms with Crippen LogP contribution in [0.5, 0.6) is 5.75 Å². The van der Waals surface area contributed by atoms with Gasteiger partial charge in [-0.2, -0.15) is 13.2 Å². The molecular formula is C14H17F3O3. The largest absolute Gasteiger partial charge is 0.481 e. The molecule has 112 valence electrons. The lowest BCUT2D eigenvalue weighted by molar-refractivity contribution is -0.200. The first kappa shape index (κ1) is 16.3. The van der Waals surface area contributed by atoms with E-state index in [-0.39, 0.29) is 11.2 Å². The Balaban J connectivity index is 2.97. The Morgan fingerprint density at radius 1 is 1.30 bits per heavy atom. The molecule has 1 rings (SSSR count). The molecule has 0 spiro atoms. The summed E-state index contributed by atoms with van der Waals surface area (Å²) in [6.45, 7) is 5.76. The van der Waals surface area contributed by atoms with Crippen molar-refractivity contribution in [3.8, 4) is 5.75 Å². The maximum atomic E-state index is 12.7. The van der Waals surface area contributed by atoms with Crippen LogP contribution in [0.4, 0.5) is 13.2 Å². The Bertz CT molecular complexity index is 475. The summed E-state index contributed by atoms with van der Waals surface area (Å²) in [6, 6.07) is 6.26. The fraction of sp³-hybridized carbons (Fsp3) is 0.500. The van der Waals surface area contributed by atoms with Crippen molar-refractivity contribution in [2.24, 2.45) is 0 Å². The predicted octanol–water partition coefficient (Wildman–Crippen LogP) is 3.77. The van der Waals surface area contributed by atoms with Gasteiger partial charge in [-0.1, -0.05) is 32.9 Å². The van der Waals surface area contributed by atoms with Crippen LogP contribution in [0.2, 0.25) is 0 Å². The van der Waals surface area contributed by atoms with Gasteiger partial charge in [-0.3, -0.25) is 4.79 Å². The number of hydrogen-bond donors (Lipinski definition) is 1. The number of ether oxygens (including phenoxy) is 1. The summed E-state index contributed by atoms with van der Waals surface area (Å²) < 4.78 is 43.0. The number of carbonyl (C=O) groups is 1. The van der Waals surface area contributed by atoms with Crippen molar-refractivity contribution in [1.82, 2.24) is 0 Å². The van der Waals surface area contributed by atoms with Crippen molar-refractivity contribution in [2.45, 2.75) is 44.9 Å². The van der Waals surface area contributed by atoms with Gasteiger partial charge in [0.25, 0.3) is 0 Å². The van der Waals surface area contributed by atoms with Gasteiger partial charge in [0.05, 0.1) is 6.42 Å². The van der Waals surface area contributed by atoms with E-state index in [1.807, 2.05) is 20.8 Å². The molecule has 3 nitrogen and oxygen atoms in total. The molecule has 1 aromatic carbocycles. The lowest BCUT2D eigenvalue weighted by atomic mass is 9.87. The highest BCUT2D eigenvalue weighted by molar-refractivity contribution is 5.67. The van der Waals surface area contributed by atoms with Gasteiger partial charge in [-0.15, -0.1) is 0 Å². The topological polar surface area (TPSA) is 46.5 Å². The minimum atomic E-state index is -4.73. The molecule has 0 aromatic heterocycles. The van der Waals surface area contributed by atoms with Crippen LogP contribution in [0.3, 0.4) is 0 Å². The number of rotatable bonds is 4. The van der Waals surface area contributed by atoms with Crippen LogP contribution in [-0.2, 0) is 10.2 Å². The van der Waals surface area contributed by atoms with E-state index < -0.39 is 24.7 Å². The summed E-state index contributed by atoms with van der Waals surface area (Å²) in [5.41, 5.74) is 0.575. The van der Waals surface area contributed by atoms with E-state index in [0.29, 0.717) is 0 Å². The highest BCUT2D eigenvalue weighted by atomic mass is 19.4. The van der Waals surface area contributed by atoms with E-state index in [0.717, 1.165) is 5.56 Å². The number of benzene rings is 1. The predicted molar refractivity (Wildman–Crippen MR) is 67.9 cm³/mol. The molecule has 0 aliphatic rings. The van der Waals surface area contributed by atoms with Gasteiger partial charge in [0.2, 0.25) is 6.10 Å². The quantitative estimate of drug-likeness (QED) is 0.918. The standard InChI is InChI=1S/C14H17F3O3/c1-13(2,3)9-5-4-6-10(7-9)20-11(8-12(18)19)14(15,16)17/h4-7,11H,8H2,1-3H3,(H,18,19). The van der Waals surface area contributed by atoms with Gasteiger partial charge in [0, 0.05) is 0 Å². The second-order valence-electron chi connectivity index (χ2n) is 5.52. The first-order valence-electron chi connectivity index (χ1n) is 6.06. The van der Waals surface area contributed by atoms with Crippen LogP contribution in [0.1, 0.15) is 32.8 Å². The monoisotopic (exact) mass is 290 g/mol. The third kappa shape index (κ3) is 4.75. The highest BCUT2D eigenvalue weighted by Crippen LogP contribution is 2.30. The lowest BCUT2D eigenvalue weighted by Gasteiger charge is -2.23. The fourth-order valence-electron chi connectivity index (χ4n) is 1.58. The van der Waals surface area contributed by atoms with Crippen LogP contribution in [-0.4, -0.2) is 23.4 Å². The number of halogens is 3. The number of hydrogen-bond acceptors (Lipinski definition) is 2. The summed E-state index contributed by atoms with van der Waals surface area (Å²) >= 11 is 0. The maximum Gasteiger partial charge on any atom is 0.425 e. The molecule has 0 fully saturated rings. The van der Waals surface area contributed by atoms with Crippen LogP contribution < -0.4 is 4.74 Å². The third-order valence-corrected chi connectivity index (χ3v) is 2.70. The molecule has 0 amide bonds. The summed E-state index contributed by atoms with van der Waals surface area (Å²) in [7, 11) is 0. The molecule has 0 aliphatic heterocycles. The van der Waals surface area contributed by atoms with Gasteiger partial charge in [-0.05, 0) is 23.1 Å². The Morgan fingerprint density at radius 2 is 1.90 bits per heavy atom. The maximum absolute atomic E-state index is 12.7. The molecule has 0 heterocycles. The van der Waals surface area contributed by atoms with Crippen molar-refractivity contribution in [3.05, 3.63) is 29.8 Å². The van der Waals surface area contributed by atoms with E-state index in [1.54, 1.807) is 12.1 Å². The Labute approximate surface area is 115 Å². The van der Waals surface area contributed by atoms with Crippen molar-refractivity contribution in [2.75, 3.05) is 0 Å². The average Bonchev–Trinajstić information content (AvgIpc) is 2.25. The third-order valence-electron chi connectivity index (χ3n) is 2.70. The molecular weight excluding hydrogens is 273 g/mol. The summed E-state index contributed by atoms with van der Waals surface area (Å²) in [5.74, 6) is -1.54. The minimum absolute atomic E-state index is 0.0148. The molecule has 1 aromatic rings. The normalized spacial score (nSPS) is 13.9. The average molecular weight is 290 g/mol. The van der Waals surface area contributed by atoms with E-state index in [2.05, 4.69) is 0 Å². The van der Waals surface area contributed by atoms with Crippen molar-refractivity contribution >= 4 is 5.97 Å². The molecule has 1 atom stereocenters. The smallest absolute Gasteiger partial charge is 0.425 e. The number of carboxylic acids is 1. The van der Waals surface area contributed by atoms with Crippen LogP contribution in [0.25, 0.3) is 0 Å². The second kappa shape index (κ2) is 5.73. The van der Waals surface area contributed by atoms with Crippen molar-refractivity contribution in [3.63, 3.8) is 0 Å². The van der Waals surface area contributed by atoms with Crippen LogP contribution in [0, 0.1) is 0 Å². The SMILES string of the molecule is CC(C)(C)c1cccc(OC(CC(=O)O)C(F)(F)F)c1. The lowest BCUT2D eigenvalue weighted by Crippen LogP contribution is -2.36. The number of alkyl halides is 3. The number of carboxylic acid groups (broad SMARTS) is 1. The summed E-state index contributed by atoms with van der Waals surface area (Å²) in [6.07, 6.45) is -8.20. The summed E-state index contributed by atoms with van der Waals surface area (Å²) in [4.78, 5) is 10.5. The van der Waals surface area contributed by atoms with E-state index in [9.17, 15) is 18.0 Å². The zero-order chi connectivity index (χ0) is 15.6. The van der Waals surface area contributed by atoms with Gasteiger partial charge >= 0.3 is 12.1 Å². The molecule has 0 radical (unpaired) electrons. The van der Waals surface area contributed by atoms with E-state index in [1.165, 1.54) is 12.1 Å². The Kier molecular flexibility index (Phi) is 4.68. The second-order valence-corrected chi connectivity index (χ2v) is 5.52. The van der Waals surface area contributed by atoms with Gasteiger partial charge in [0.15, 0.2) is 0 Å². The van der Waals surface area contributed by atoms with Crippen molar-refractivity contribution < 1.29 is 27.8 Å². The van der Waals surface area contributed by atoms with Gasteiger partial charge in [-0.25, -0.2) is 0 Å². The zero-order valence-corrected chi connectivity index (χ0v) is 11.5. The molecule has 1 unspecified atom stereocenters. The molecule has 0 bridgehead atoms. The van der Waals surface area contributed by atoms with Gasteiger partial charge in [0.1, 0.15) is 5.75 Å². The molecule has 20 heavy (non-hydrogen) atoms. The summed E-state index contributed by atoms with van der Waals surface area (Å²) in [5, 5.41) is 8.53. The zero-order valence-electron chi connectivity index (χ0n) is 11.5. The molecule has 6 heteroatoms. The molecule has 0 aliphatic carbocycles. The first-order valence-corrected chi connectivity index (χ1v) is 6.06. The van der Waals surface area contributed by atoms with E-state index in [4.69, 9.17) is 9.84 Å². The van der Waals surface area contributed by atoms with Crippen molar-refractivity contribution in [1.29, 1.82) is 0 Å². The molecule has 1 N–H and O–H groups in total. The Hall–Kier alpha value is -1.72. The fourth-order valence-corrected chi connectivity index (χ4v) is 1.58. The minimum Gasteiger partial charge on any atom is -0.481 e. The van der Waals surface area contributed by atoms with Gasteiger partial charge < -0.3 is 9.84 Å². The first-order chi connectivity index (χ1) is 9.00. The van der Waals surface area contributed by atoms with Crippen LogP contribution in [0.15, 0.2) is 24.3 Å². The Morgan fingerprint density at radius 3 is 2.35 bits per heavy atom. The van der Waals surface area contributed by atoms with Crippen LogP contribution >= 0.6 is 0 Å². The number of aliphatic carboxylic acids is 1. The highest BCUT2D eigenvalue weighted by Gasteiger charge is 2.43. The molecule has 0 saturated heterocycles.